The number of pyridine rings is 1. The van der Waals surface area contributed by atoms with Crippen LogP contribution in [0.25, 0.3) is 48.9 Å². The van der Waals surface area contributed by atoms with E-state index < -0.39 is 0 Å². The highest BCUT2D eigenvalue weighted by Gasteiger charge is 2.21. The fraction of sp³-hybridized carbons (Fsp3) is 0.0833. The van der Waals surface area contributed by atoms with Crippen LogP contribution < -0.4 is 4.57 Å². The summed E-state index contributed by atoms with van der Waals surface area (Å²) in [5.74, 6) is 0. The van der Waals surface area contributed by atoms with Crippen LogP contribution >= 0.6 is 0 Å². The summed E-state index contributed by atoms with van der Waals surface area (Å²) in [4.78, 5) is 3.56. The first-order chi connectivity index (χ1) is 13.2. The van der Waals surface area contributed by atoms with Gasteiger partial charge in [-0.15, -0.1) is 0 Å². The SMILES string of the molecule is [C-]#[N+]c1ccc2oc3c(-c4ccc5ccccc5[n+]4C)c(C)ccc3c2c1. The lowest BCUT2D eigenvalue weighted by Crippen LogP contribution is -2.32. The Morgan fingerprint density at radius 1 is 0.926 bits per heavy atom. The Labute approximate surface area is 156 Å². The predicted octanol–water partition coefficient (Wildman–Crippen LogP) is 6.09. The van der Waals surface area contributed by atoms with Crippen molar-refractivity contribution >= 4 is 38.5 Å². The van der Waals surface area contributed by atoms with Crippen LogP contribution in [-0.2, 0) is 7.05 Å². The minimum absolute atomic E-state index is 0.628. The number of aromatic nitrogens is 1. The average Bonchev–Trinajstić information content (AvgIpc) is 3.06. The lowest BCUT2D eigenvalue weighted by atomic mass is 10.00. The monoisotopic (exact) mass is 349 g/mol. The van der Waals surface area contributed by atoms with Gasteiger partial charge in [-0.3, -0.25) is 0 Å². The van der Waals surface area contributed by atoms with Crippen LogP contribution in [0.5, 0.6) is 0 Å². The molecule has 2 aromatic heterocycles. The van der Waals surface area contributed by atoms with Crippen molar-refractivity contribution < 1.29 is 8.98 Å². The van der Waals surface area contributed by atoms with Crippen molar-refractivity contribution in [1.29, 1.82) is 0 Å². The second-order valence-electron chi connectivity index (χ2n) is 6.86. The summed E-state index contributed by atoms with van der Waals surface area (Å²) >= 11 is 0. The molecule has 0 aliphatic heterocycles. The van der Waals surface area contributed by atoms with Gasteiger partial charge in [0.25, 0.3) is 0 Å². The third kappa shape index (κ3) is 2.24. The Morgan fingerprint density at radius 2 is 1.78 bits per heavy atom. The van der Waals surface area contributed by atoms with Crippen molar-refractivity contribution in [2.45, 2.75) is 6.92 Å². The molecular weight excluding hydrogens is 332 g/mol. The summed E-state index contributed by atoms with van der Waals surface area (Å²) in [5, 5.41) is 3.24. The van der Waals surface area contributed by atoms with Crippen molar-refractivity contribution in [3.05, 3.63) is 83.7 Å². The van der Waals surface area contributed by atoms with Gasteiger partial charge in [0.1, 0.15) is 18.2 Å². The number of aryl methyl sites for hydroxylation is 2. The van der Waals surface area contributed by atoms with E-state index in [4.69, 9.17) is 11.0 Å². The van der Waals surface area contributed by atoms with E-state index in [-0.39, 0.29) is 0 Å². The van der Waals surface area contributed by atoms with E-state index in [1.54, 1.807) is 6.07 Å². The van der Waals surface area contributed by atoms with Crippen LogP contribution in [0.4, 0.5) is 5.69 Å². The second-order valence-corrected chi connectivity index (χ2v) is 6.86. The lowest BCUT2D eigenvalue weighted by molar-refractivity contribution is -0.633. The minimum Gasteiger partial charge on any atom is -0.455 e. The van der Waals surface area contributed by atoms with E-state index in [2.05, 4.69) is 71.9 Å². The normalized spacial score (nSPS) is 11.3. The van der Waals surface area contributed by atoms with Crippen molar-refractivity contribution in [3.8, 4) is 11.3 Å². The van der Waals surface area contributed by atoms with Crippen LogP contribution in [0, 0.1) is 13.5 Å². The van der Waals surface area contributed by atoms with Gasteiger partial charge in [0.15, 0.2) is 5.69 Å². The number of nitrogens with zero attached hydrogens (tertiary/aromatic N) is 2. The Bertz CT molecular complexity index is 1400. The van der Waals surface area contributed by atoms with Gasteiger partial charge >= 0.3 is 0 Å². The zero-order valence-corrected chi connectivity index (χ0v) is 15.2. The Hall–Kier alpha value is -3.64. The fourth-order valence-corrected chi connectivity index (χ4v) is 3.91. The molecule has 0 amide bonds. The van der Waals surface area contributed by atoms with Gasteiger partial charge in [0, 0.05) is 28.3 Å². The molecule has 3 heteroatoms. The smallest absolute Gasteiger partial charge is 0.216 e. The van der Waals surface area contributed by atoms with Gasteiger partial charge in [-0.2, -0.15) is 4.57 Å². The first-order valence-electron chi connectivity index (χ1n) is 8.89. The number of hydrogen-bond donors (Lipinski definition) is 0. The molecule has 0 aliphatic rings. The van der Waals surface area contributed by atoms with Crippen molar-refractivity contribution in [3.63, 3.8) is 0 Å². The molecule has 0 N–H and O–H groups in total. The summed E-state index contributed by atoms with van der Waals surface area (Å²) in [6.07, 6.45) is 0. The number of fused-ring (bicyclic) bond motifs is 4. The summed E-state index contributed by atoms with van der Waals surface area (Å²) in [5.41, 5.74) is 6.87. The average molecular weight is 349 g/mol. The molecule has 0 bridgehead atoms. The molecule has 5 rings (SSSR count). The maximum atomic E-state index is 7.29. The van der Waals surface area contributed by atoms with Crippen LogP contribution in [0.2, 0.25) is 0 Å². The number of para-hydroxylation sites is 1. The quantitative estimate of drug-likeness (QED) is 0.265. The van der Waals surface area contributed by atoms with Crippen LogP contribution in [0.1, 0.15) is 5.56 Å². The van der Waals surface area contributed by atoms with Gasteiger partial charge in [0.05, 0.1) is 12.1 Å². The molecular formula is C24H17N2O+. The van der Waals surface area contributed by atoms with Crippen LogP contribution in [0.3, 0.4) is 0 Å². The van der Waals surface area contributed by atoms with Gasteiger partial charge in [0.2, 0.25) is 11.2 Å². The summed E-state index contributed by atoms with van der Waals surface area (Å²) < 4.78 is 8.49. The van der Waals surface area contributed by atoms with Gasteiger partial charge in [-0.1, -0.05) is 30.3 Å². The predicted molar refractivity (Wildman–Crippen MR) is 109 cm³/mol. The molecule has 3 aromatic carbocycles. The molecule has 0 spiro atoms. The third-order valence-electron chi connectivity index (χ3n) is 5.30. The molecule has 128 valence electrons. The highest BCUT2D eigenvalue weighted by molar-refractivity contribution is 6.10. The summed E-state index contributed by atoms with van der Waals surface area (Å²) in [6, 6.07) is 22.5. The van der Waals surface area contributed by atoms with Gasteiger partial charge < -0.3 is 4.42 Å². The van der Waals surface area contributed by atoms with E-state index >= 15 is 0 Å². The number of furan rings is 1. The zero-order chi connectivity index (χ0) is 18.5. The molecule has 0 fully saturated rings. The van der Waals surface area contributed by atoms with E-state index in [9.17, 15) is 0 Å². The maximum absolute atomic E-state index is 7.29. The molecule has 0 saturated heterocycles. The Kier molecular flexibility index (Phi) is 3.29. The molecule has 2 heterocycles. The van der Waals surface area contributed by atoms with Crippen LogP contribution in [-0.4, -0.2) is 0 Å². The molecule has 0 aliphatic carbocycles. The highest BCUT2D eigenvalue weighted by atomic mass is 16.3. The van der Waals surface area contributed by atoms with Crippen molar-refractivity contribution in [2.24, 2.45) is 7.05 Å². The topological polar surface area (TPSA) is 21.4 Å². The van der Waals surface area contributed by atoms with E-state index in [1.807, 2.05) is 12.1 Å². The first kappa shape index (κ1) is 15.6. The maximum Gasteiger partial charge on any atom is 0.216 e. The van der Waals surface area contributed by atoms with Crippen molar-refractivity contribution in [2.75, 3.05) is 0 Å². The minimum atomic E-state index is 0.628. The lowest BCUT2D eigenvalue weighted by Gasteiger charge is -2.07. The highest BCUT2D eigenvalue weighted by Crippen LogP contribution is 2.38. The molecule has 0 radical (unpaired) electrons. The number of hydrogen-bond acceptors (Lipinski definition) is 1. The molecule has 0 unspecified atom stereocenters. The summed E-state index contributed by atoms with van der Waals surface area (Å²) in [7, 11) is 2.09. The standard InChI is InChI=1S/C24H17N2O/c1-15-8-11-18-19-14-17(25-2)10-13-22(19)27-24(18)23(15)21-12-9-16-6-4-5-7-20(16)26(21)3/h4-14H,1,3H3/q+1. The van der Waals surface area contributed by atoms with E-state index in [0.717, 1.165) is 38.8 Å². The Balaban J connectivity index is 1.90. The largest absolute Gasteiger partial charge is 0.455 e. The summed E-state index contributed by atoms with van der Waals surface area (Å²) in [6.45, 7) is 9.40. The van der Waals surface area contributed by atoms with Gasteiger partial charge in [-0.25, -0.2) is 4.85 Å². The first-order valence-corrected chi connectivity index (χ1v) is 8.89. The molecule has 3 nitrogen and oxygen atoms in total. The second kappa shape index (κ2) is 5.69. The van der Waals surface area contributed by atoms with Crippen LogP contribution in [0.15, 0.2) is 71.1 Å². The van der Waals surface area contributed by atoms with E-state index in [0.29, 0.717) is 5.69 Å². The molecule has 5 aromatic rings. The third-order valence-corrected chi connectivity index (χ3v) is 5.30. The van der Waals surface area contributed by atoms with Gasteiger partial charge in [-0.05, 0) is 36.8 Å². The zero-order valence-electron chi connectivity index (χ0n) is 15.2. The van der Waals surface area contributed by atoms with Crippen molar-refractivity contribution in [1.82, 2.24) is 0 Å². The molecule has 0 saturated carbocycles. The van der Waals surface area contributed by atoms with E-state index in [1.165, 1.54) is 10.9 Å². The fourth-order valence-electron chi connectivity index (χ4n) is 3.91. The number of rotatable bonds is 1. The molecule has 27 heavy (non-hydrogen) atoms. The Morgan fingerprint density at radius 3 is 2.63 bits per heavy atom. The molecule has 0 atom stereocenters. The number of benzene rings is 3.